The predicted octanol–water partition coefficient (Wildman–Crippen LogP) is 7.75. The summed E-state index contributed by atoms with van der Waals surface area (Å²) in [4.78, 5) is 17.0. The molecule has 7 heteroatoms. The number of pyridine rings is 1. The fourth-order valence-electron chi connectivity index (χ4n) is 4.73. The Morgan fingerprint density at radius 2 is 1.40 bits per heavy atom. The third kappa shape index (κ3) is 5.60. The molecule has 0 spiro atoms. The zero-order valence-electron chi connectivity index (χ0n) is 21.7. The molecule has 0 bridgehead atoms. The zero-order chi connectivity index (χ0) is 28.0. The first kappa shape index (κ1) is 27.1. The molecule has 1 N–H and O–H groups in total. The number of nitrogens with zero attached hydrogens (tertiary/aromatic N) is 1. The van der Waals surface area contributed by atoms with Crippen LogP contribution in [-0.2, 0) is 16.9 Å². The third-order valence-electron chi connectivity index (χ3n) is 6.60. The highest BCUT2D eigenvalue weighted by Gasteiger charge is 2.37. The van der Waals surface area contributed by atoms with Crippen molar-refractivity contribution < 1.29 is 18.7 Å². The molecule has 1 aromatic heterocycles. The maximum absolute atomic E-state index is 14.1. The van der Waals surface area contributed by atoms with E-state index in [1.807, 2.05) is 54.6 Å². The lowest BCUT2D eigenvalue weighted by molar-refractivity contribution is 0.0597. The van der Waals surface area contributed by atoms with Gasteiger partial charge in [0.15, 0.2) is 11.6 Å². The molecular formula is C33H26BrFN2O3. The van der Waals surface area contributed by atoms with Gasteiger partial charge in [-0.05, 0) is 56.9 Å². The first-order valence-electron chi connectivity index (χ1n) is 12.6. The minimum absolute atomic E-state index is 0.0793. The Bertz CT molecular complexity index is 1500. The van der Waals surface area contributed by atoms with Crippen molar-refractivity contribution in [3.05, 3.63) is 160 Å². The van der Waals surface area contributed by atoms with Gasteiger partial charge in [-0.2, -0.15) is 0 Å². The van der Waals surface area contributed by atoms with Gasteiger partial charge >= 0.3 is 5.97 Å². The predicted molar refractivity (Wildman–Crippen MR) is 157 cm³/mol. The van der Waals surface area contributed by atoms with E-state index in [2.05, 4.69) is 57.6 Å². The van der Waals surface area contributed by atoms with Crippen molar-refractivity contribution in [3.63, 3.8) is 0 Å². The van der Waals surface area contributed by atoms with E-state index >= 15 is 0 Å². The Kier molecular flexibility index (Phi) is 8.22. The smallest absolute Gasteiger partial charge is 0.338 e. The van der Waals surface area contributed by atoms with Crippen molar-refractivity contribution in [2.45, 2.75) is 12.1 Å². The lowest BCUT2D eigenvalue weighted by Gasteiger charge is -2.37. The monoisotopic (exact) mass is 596 g/mol. The second-order valence-corrected chi connectivity index (χ2v) is 9.97. The molecule has 0 saturated heterocycles. The second-order valence-electron chi connectivity index (χ2n) is 9.06. The van der Waals surface area contributed by atoms with Gasteiger partial charge in [-0.3, -0.25) is 0 Å². The Balaban J connectivity index is 1.62. The average Bonchev–Trinajstić information content (AvgIpc) is 3.00. The molecule has 5 aromatic rings. The molecule has 5 rings (SSSR count). The van der Waals surface area contributed by atoms with Crippen LogP contribution in [0.1, 0.15) is 32.6 Å². The van der Waals surface area contributed by atoms with Crippen LogP contribution in [0.2, 0.25) is 0 Å². The van der Waals surface area contributed by atoms with Crippen LogP contribution >= 0.6 is 15.9 Å². The molecule has 0 aliphatic carbocycles. The summed E-state index contributed by atoms with van der Waals surface area (Å²) in [6, 6.07) is 36.1. The summed E-state index contributed by atoms with van der Waals surface area (Å²) in [7, 11) is 1.28. The number of methoxy groups -OCH3 is 1. The summed E-state index contributed by atoms with van der Waals surface area (Å²) in [5.41, 5.74) is 2.76. The highest BCUT2D eigenvalue weighted by Crippen LogP contribution is 2.42. The lowest BCUT2D eigenvalue weighted by Crippen LogP contribution is -2.38. The number of anilines is 1. The Morgan fingerprint density at radius 1 is 0.850 bits per heavy atom. The van der Waals surface area contributed by atoms with Crippen LogP contribution < -0.4 is 10.1 Å². The SMILES string of the molecule is COC(=O)c1ccc(F)cc1COc1cc(Br)cnc1NC(c1ccccc1)(c1ccccc1)c1ccccc1. The van der Waals surface area contributed by atoms with Crippen LogP contribution in [0.4, 0.5) is 10.2 Å². The van der Waals surface area contributed by atoms with Gasteiger partial charge in [0.1, 0.15) is 18.0 Å². The molecule has 0 saturated carbocycles. The molecule has 0 aliphatic rings. The molecule has 1 heterocycles. The zero-order valence-corrected chi connectivity index (χ0v) is 23.3. The topological polar surface area (TPSA) is 60.5 Å². The summed E-state index contributed by atoms with van der Waals surface area (Å²) >= 11 is 3.49. The molecular weight excluding hydrogens is 571 g/mol. The van der Waals surface area contributed by atoms with E-state index in [9.17, 15) is 9.18 Å². The van der Waals surface area contributed by atoms with E-state index in [1.165, 1.54) is 25.3 Å². The molecule has 40 heavy (non-hydrogen) atoms. The van der Waals surface area contributed by atoms with Crippen LogP contribution in [0, 0.1) is 5.82 Å². The molecule has 0 fully saturated rings. The van der Waals surface area contributed by atoms with Gasteiger partial charge in [-0.1, -0.05) is 91.0 Å². The molecule has 0 amide bonds. The van der Waals surface area contributed by atoms with Crippen molar-refractivity contribution >= 4 is 27.7 Å². The van der Waals surface area contributed by atoms with Gasteiger partial charge < -0.3 is 14.8 Å². The molecule has 4 aromatic carbocycles. The van der Waals surface area contributed by atoms with Gasteiger partial charge in [0.2, 0.25) is 0 Å². The number of rotatable bonds is 9. The average molecular weight is 597 g/mol. The standard InChI is InChI=1S/C33H26BrFN2O3/c1-39-32(38)29-18-17-28(35)19-23(29)22-40-30-20-27(34)21-36-31(30)37-33(24-11-5-2-6-12-24,25-13-7-3-8-14-25)26-15-9-4-10-16-26/h2-21H,22H2,1H3,(H,36,37). The maximum Gasteiger partial charge on any atom is 0.338 e. The lowest BCUT2D eigenvalue weighted by atomic mass is 9.77. The number of ether oxygens (including phenoxy) is 2. The van der Waals surface area contributed by atoms with E-state index in [4.69, 9.17) is 14.5 Å². The molecule has 0 radical (unpaired) electrons. The summed E-state index contributed by atoms with van der Waals surface area (Å²) in [5, 5.41) is 3.71. The fourth-order valence-corrected chi connectivity index (χ4v) is 5.04. The normalized spacial score (nSPS) is 11.1. The molecule has 0 atom stereocenters. The summed E-state index contributed by atoms with van der Waals surface area (Å²) in [5.74, 6) is -0.161. The third-order valence-corrected chi connectivity index (χ3v) is 7.04. The van der Waals surface area contributed by atoms with E-state index in [0.717, 1.165) is 16.7 Å². The van der Waals surface area contributed by atoms with Crippen molar-refractivity contribution in [2.75, 3.05) is 12.4 Å². The van der Waals surface area contributed by atoms with E-state index in [0.29, 0.717) is 21.6 Å². The number of halogens is 2. The Hall–Kier alpha value is -4.49. The Morgan fingerprint density at radius 3 is 1.93 bits per heavy atom. The van der Waals surface area contributed by atoms with Crippen molar-refractivity contribution in [1.29, 1.82) is 0 Å². The molecule has 0 aliphatic heterocycles. The van der Waals surface area contributed by atoms with E-state index < -0.39 is 17.3 Å². The second kappa shape index (κ2) is 12.1. The van der Waals surface area contributed by atoms with E-state index in [1.54, 1.807) is 12.3 Å². The number of nitrogens with one attached hydrogen (secondary N) is 1. The summed E-state index contributed by atoms with van der Waals surface area (Å²) in [6.07, 6.45) is 1.68. The summed E-state index contributed by atoms with van der Waals surface area (Å²) < 4.78 is 25.9. The minimum atomic E-state index is -0.835. The van der Waals surface area contributed by atoms with Crippen LogP contribution in [0.5, 0.6) is 5.75 Å². The van der Waals surface area contributed by atoms with E-state index in [-0.39, 0.29) is 12.2 Å². The summed E-state index contributed by atoms with van der Waals surface area (Å²) in [6.45, 7) is -0.0793. The van der Waals surface area contributed by atoms with Gasteiger partial charge in [0.05, 0.1) is 12.7 Å². The van der Waals surface area contributed by atoms with Crippen LogP contribution in [-0.4, -0.2) is 18.1 Å². The molecule has 5 nitrogen and oxygen atoms in total. The minimum Gasteiger partial charge on any atom is -0.485 e. The first-order chi connectivity index (χ1) is 19.5. The highest BCUT2D eigenvalue weighted by molar-refractivity contribution is 9.10. The maximum atomic E-state index is 14.1. The van der Waals surface area contributed by atoms with Crippen LogP contribution in [0.3, 0.4) is 0 Å². The van der Waals surface area contributed by atoms with Gasteiger partial charge in [0.25, 0.3) is 0 Å². The van der Waals surface area contributed by atoms with Crippen LogP contribution in [0.15, 0.2) is 126 Å². The van der Waals surface area contributed by atoms with Gasteiger partial charge in [-0.15, -0.1) is 0 Å². The number of hydrogen-bond acceptors (Lipinski definition) is 5. The van der Waals surface area contributed by atoms with Crippen molar-refractivity contribution in [1.82, 2.24) is 4.98 Å². The largest absolute Gasteiger partial charge is 0.485 e. The fraction of sp³-hybridized carbons (Fsp3) is 0.0909. The van der Waals surface area contributed by atoms with Gasteiger partial charge in [-0.25, -0.2) is 14.2 Å². The van der Waals surface area contributed by atoms with Gasteiger partial charge in [0, 0.05) is 16.2 Å². The van der Waals surface area contributed by atoms with Crippen molar-refractivity contribution in [2.24, 2.45) is 0 Å². The number of carbonyl (C=O) groups is 1. The van der Waals surface area contributed by atoms with Crippen molar-refractivity contribution in [3.8, 4) is 5.75 Å². The highest BCUT2D eigenvalue weighted by atomic mass is 79.9. The number of aromatic nitrogens is 1. The van der Waals surface area contributed by atoms with Crippen LogP contribution in [0.25, 0.3) is 0 Å². The number of benzene rings is 4. The molecule has 0 unspecified atom stereocenters. The number of carbonyl (C=O) groups excluding carboxylic acids is 1. The first-order valence-corrected chi connectivity index (χ1v) is 13.4. The molecule has 200 valence electrons. The Labute approximate surface area is 240 Å². The number of hydrogen-bond donors (Lipinski definition) is 1. The number of esters is 1. The quantitative estimate of drug-likeness (QED) is 0.139.